The van der Waals surface area contributed by atoms with Gasteiger partial charge in [-0.3, -0.25) is 0 Å². The van der Waals surface area contributed by atoms with Crippen LogP contribution in [0.4, 0.5) is 0 Å². The molecule has 0 aliphatic carbocycles. The molecule has 5 nitrogen and oxygen atoms in total. The minimum Gasteiger partial charge on any atom is -0.496 e. The van der Waals surface area contributed by atoms with Gasteiger partial charge >= 0.3 is 5.97 Å². The zero-order chi connectivity index (χ0) is 15.2. The topological polar surface area (TPSA) is 54.0 Å². The SMILES string of the molecule is COC(=O)c1ccccc1Oc1cc(OC)cc(OC)c1. The Bertz CT molecular complexity index is 614. The first-order valence-electron chi connectivity index (χ1n) is 6.26. The van der Waals surface area contributed by atoms with Gasteiger partial charge in [-0.25, -0.2) is 4.79 Å². The van der Waals surface area contributed by atoms with Gasteiger partial charge in [-0.15, -0.1) is 0 Å². The third-order valence-corrected chi connectivity index (χ3v) is 2.85. The van der Waals surface area contributed by atoms with Crippen LogP contribution >= 0.6 is 0 Å². The predicted octanol–water partition coefficient (Wildman–Crippen LogP) is 3.28. The molecule has 2 aromatic carbocycles. The highest BCUT2D eigenvalue weighted by atomic mass is 16.5. The minimum absolute atomic E-state index is 0.349. The molecule has 0 aromatic heterocycles. The van der Waals surface area contributed by atoms with E-state index in [0.29, 0.717) is 28.6 Å². The molecular weight excluding hydrogens is 272 g/mol. The second-order valence-corrected chi connectivity index (χ2v) is 4.14. The lowest BCUT2D eigenvalue weighted by atomic mass is 10.2. The van der Waals surface area contributed by atoms with Crippen LogP contribution in [0.25, 0.3) is 0 Å². The standard InChI is InChI=1S/C16H16O5/c1-18-11-8-12(19-2)10-13(9-11)21-15-7-5-4-6-14(15)16(17)20-3/h4-10H,1-3H3. The molecule has 0 radical (unpaired) electrons. The van der Waals surface area contributed by atoms with Crippen LogP contribution in [0.3, 0.4) is 0 Å². The van der Waals surface area contributed by atoms with Gasteiger partial charge in [0.2, 0.25) is 0 Å². The fourth-order valence-corrected chi connectivity index (χ4v) is 1.80. The number of esters is 1. The zero-order valence-electron chi connectivity index (χ0n) is 12.1. The van der Waals surface area contributed by atoms with Crippen LogP contribution < -0.4 is 14.2 Å². The summed E-state index contributed by atoms with van der Waals surface area (Å²) < 4.78 is 20.9. The fraction of sp³-hybridized carbons (Fsp3) is 0.188. The maximum absolute atomic E-state index is 11.7. The molecule has 0 saturated heterocycles. The van der Waals surface area contributed by atoms with Gasteiger partial charge in [-0.1, -0.05) is 12.1 Å². The number of carbonyl (C=O) groups is 1. The Morgan fingerprint density at radius 2 is 1.43 bits per heavy atom. The largest absolute Gasteiger partial charge is 0.496 e. The monoisotopic (exact) mass is 288 g/mol. The molecule has 0 aliphatic heterocycles. The lowest BCUT2D eigenvalue weighted by molar-refractivity contribution is 0.0598. The highest BCUT2D eigenvalue weighted by molar-refractivity contribution is 5.92. The molecule has 0 atom stereocenters. The molecule has 110 valence electrons. The zero-order valence-corrected chi connectivity index (χ0v) is 12.1. The van der Waals surface area contributed by atoms with Crippen molar-refractivity contribution in [2.24, 2.45) is 0 Å². The van der Waals surface area contributed by atoms with E-state index in [1.807, 2.05) is 0 Å². The summed E-state index contributed by atoms with van der Waals surface area (Å²) in [6.45, 7) is 0. The van der Waals surface area contributed by atoms with E-state index in [9.17, 15) is 4.79 Å². The van der Waals surface area contributed by atoms with E-state index < -0.39 is 5.97 Å². The first-order valence-corrected chi connectivity index (χ1v) is 6.26. The van der Waals surface area contributed by atoms with Crippen LogP contribution in [-0.4, -0.2) is 27.3 Å². The molecule has 0 spiro atoms. The lowest BCUT2D eigenvalue weighted by Gasteiger charge is -2.12. The smallest absolute Gasteiger partial charge is 0.341 e. The van der Waals surface area contributed by atoms with Gasteiger partial charge in [0.1, 0.15) is 28.6 Å². The Labute approximate surface area is 123 Å². The normalized spacial score (nSPS) is 9.86. The second-order valence-electron chi connectivity index (χ2n) is 4.14. The number of ether oxygens (including phenoxy) is 4. The number of para-hydroxylation sites is 1. The molecular formula is C16H16O5. The van der Waals surface area contributed by atoms with E-state index in [-0.39, 0.29) is 0 Å². The van der Waals surface area contributed by atoms with Gasteiger partial charge in [0.25, 0.3) is 0 Å². The van der Waals surface area contributed by atoms with Crippen molar-refractivity contribution in [3.63, 3.8) is 0 Å². The van der Waals surface area contributed by atoms with Crippen molar-refractivity contribution in [1.29, 1.82) is 0 Å². The number of hydrogen-bond acceptors (Lipinski definition) is 5. The maximum Gasteiger partial charge on any atom is 0.341 e. The molecule has 0 saturated carbocycles. The highest BCUT2D eigenvalue weighted by Crippen LogP contribution is 2.32. The van der Waals surface area contributed by atoms with Crippen molar-refractivity contribution in [3.8, 4) is 23.0 Å². The summed E-state index contributed by atoms with van der Waals surface area (Å²) in [7, 11) is 4.44. The lowest BCUT2D eigenvalue weighted by Crippen LogP contribution is -2.03. The Kier molecular flexibility index (Phi) is 4.66. The van der Waals surface area contributed by atoms with Crippen LogP contribution in [-0.2, 0) is 4.74 Å². The molecule has 21 heavy (non-hydrogen) atoms. The van der Waals surface area contributed by atoms with Gasteiger partial charge in [-0.05, 0) is 12.1 Å². The molecule has 5 heteroatoms. The molecule has 0 amide bonds. The number of benzene rings is 2. The summed E-state index contributed by atoms with van der Waals surface area (Å²) in [5.74, 6) is 1.64. The Morgan fingerprint density at radius 1 is 0.857 bits per heavy atom. The molecule has 0 unspecified atom stereocenters. The first kappa shape index (κ1) is 14.7. The van der Waals surface area contributed by atoms with Gasteiger partial charge in [0.05, 0.1) is 21.3 Å². The molecule has 0 aliphatic rings. The summed E-state index contributed by atoms with van der Waals surface area (Å²) >= 11 is 0. The molecule has 2 aromatic rings. The summed E-state index contributed by atoms with van der Waals surface area (Å²) in [5, 5.41) is 0. The number of methoxy groups -OCH3 is 3. The molecule has 0 bridgehead atoms. The molecule has 0 N–H and O–H groups in total. The van der Waals surface area contributed by atoms with Crippen LogP contribution in [0.1, 0.15) is 10.4 Å². The van der Waals surface area contributed by atoms with Gasteiger partial charge in [-0.2, -0.15) is 0 Å². The van der Waals surface area contributed by atoms with Crippen molar-refractivity contribution >= 4 is 5.97 Å². The molecule has 2 rings (SSSR count). The predicted molar refractivity (Wildman–Crippen MR) is 77.4 cm³/mol. The molecule has 0 heterocycles. The summed E-state index contributed by atoms with van der Waals surface area (Å²) in [5.41, 5.74) is 0.349. The molecule has 0 fully saturated rings. The van der Waals surface area contributed by atoms with Gasteiger partial charge in [0.15, 0.2) is 0 Å². The van der Waals surface area contributed by atoms with E-state index in [1.165, 1.54) is 7.11 Å². The van der Waals surface area contributed by atoms with Crippen LogP contribution in [0, 0.1) is 0 Å². The first-order chi connectivity index (χ1) is 10.2. The van der Waals surface area contributed by atoms with Crippen molar-refractivity contribution in [1.82, 2.24) is 0 Å². The summed E-state index contributed by atoms with van der Waals surface area (Å²) in [6.07, 6.45) is 0. The van der Waals surface area contributed by atoms with E-state index in [1.54, 1.807) is 56.7 Å². The summed E-state index contributed by atoms with van der Waals surface area (Å²) in [6, 6.07) is 12.0. The van der Waals surface area contributed by atoms with Crippen molar-refractivity contribution in [2.75, 3.05) is 21.3 Å². The average molecular weight is 288 g/mol. The third kappa shape index (κ3) is 3.45. The van der Waals surface area contributed by atoms with Crippen molar-refractivity contribution < 1.29 is 23.7 Å². The third-order valence-electron chi connectivity index (χ3n) is 2.85. The van der Waals surface area contributed by atoms with Crippen LogP contribution in [0.5, 0.6) is 23.0 Å². The van der Waals surface area contributed by atoms with Gasteiger partial charge < -0.3 is 18.9 Å². The number of rotatable bonds is 5. The maximum atomic E-state index is 11.7. The van der Waals surface area contributed by atoms with Crippen molar-refractivity contribution in [2.45, 2.75) is 0 Å². The van der Waals surface area contributed by atoms with Gasteiger partial charge in [0, 0.05) is 18.2 Å². The van der Waals surface area contributed by atoms with E-state index in [2.05, 4.69) is 0 Å². The minimum atomic E-state index is -0.458. The van der Waals surface area contributed by atoms with Crippen molar-refractivity contribution in [3.05, 3.63) is 48.0 Å². The highest BCUT2D eigenvalue weighted by Gasteiger charge is 2.13. The Morgan fingerprint density at radius 3 is 2.00 bits per heavy atom. The van der Waals surface area contributed by atoms with E-state index >= 15 is 0 Å². The number of carbonyl (C=O) groups excluding carboxylic acids is 1. The number of hydrogen-bond donors (Lipinski definition) is 0. The second kappa shape index (κ2) is 6.65. The van der Waals surface area contributed by atoms with E-state index in [0.717, 1.165) is 0 Å². The quantitative estimate of drug-likeness (QED) is 0.790. The Hall–Kier alpha value is -2.69. The average Bonchev–Trinajstić information content (AvgIpc) is 2.54. The summed E-state index contributed by atoms with van der Waals surface area (Å²) in [4.78, 5) is 11.7. The fourth-order valence-electron chi connectivity index (χ4n) is 1.80. The van der Waals surface area contributed by atoms with Crippen LogP contribution in [0.15, 0.2) is 42.5 Å². The van der Waals surface area contributed by atoms with Crippen LogP contribution in [0.2, 0.25) is 0 Å². The van der Waals surface area contributed by atoms with E-state index in [4.69, 9.17) is 18.9 Å². The Balaban J connectivity index is 2.36.